The first kappa shape index (κ1) is 12.3. The van der Waals surface area contributed by atoms with E-state index in [0.29, 0.717) is 19.9 Å². The largest absolute Gasteiger partial charge is 0.479 e. The molecule has 96 valence electrons. The summed E-state index contributed by atoms with van der Waals surface area (Å²) in [5.41, 5.74) is -1.02. The van der Waals surface area contributed by atoms with Crippen LogP contribution in [0, 0.1) is 0 Å². The van der Waals surface area contributed by atoms with Crippen LogP contribution in [0.1, 0.15) is 6.92 Å². The Kier molecular flexibility index (Phi) is 3.45. The predicted molar refractivity (Wildman–Crippen MR) is 69.6 cm³/mol. The van der Waals surface area contributed by atoms with Crippen LogP contribution < -0.4 is 0 Å². The molecule has 0 amide bonds. The molecule has 0 aromatic heterocycles. The Labute approximate surface area is 106 Å². The minimum atomic E-state index is -1.02. The predicted octanol–water partition coefficient (Wildman–Crippen LogP) is 0.545. The third-order valence-electron chi connectivity index (χ3n) is 3.05. The fourth-order valence-corrected chi connectivity index (χ4v) is 1.91. The molecule has 0 radical (unpaired) electrons. The molecule has 0 aliphatic carbocycles. The zero-order valence-electron chi connectivity index (χ0n) is 10.2. The van der Waals surface area contributed by atoms with Gasteiger partial charge in [-0.15, -0.1) is 0 Å². The highest BCUT2D eigenvalue weighted by Gasteiger charge is 2.39. The Balaban J connectivity index is 2.13. The fourth-order valence-electron chi connectivity index (χ4n) is 1.91. The molecule has 0 aromatic carbocycles. The lowest BCUT2D eigenvalue weighted by molar-refractivity contribution is -0.149. The Bertz CT molecular complexity index is 441. The van der Waals surface area contributed by atoms with Gasteiger partial charge in [0.25, 0.3) is 0 Å². The number of allylic oxidation sites excluding steroid dienone is 2. The minimum absolute atomic E-state index is 0.357. The van der Waals surface area contributed by atoms with E-state index in [9.17, 15) is 9.90 Å². The SMILES string of the molecule is CC(CN1C=CC=NC1)(C(=O)O)N1C=CC=NC1. The van der Waals surface area contributed by atoms with E-state index >= 15 is 0 Å². The summed E-state index contributed by atoms with van der Waals surface area (Å²) in [6.45, 7) is 2.91. The third-order valence-corrected chi connectivity index (χ3v) is 3.05. The first-order valence-electron chi connectivity index (χ1n) is 5.70. The quantitative estimate of drug-likeness (QED) is 0.788. The maximum absolute atomic E-state index is 11.6. The molecule has 1 atom stereocenters. The number of aliphatic imine (C=N–C) groups is 2. The molecule has 0 saturated carbocycles. The Hall–Kier alpha value is -2.11. The minimum Gasteiger partial charge on any atom is -0.479 e. The zero-order chi connectivity index (χ0) is 13.0. The van der Waals surface area contributed by atoms with Gasteiger partial charge in [-0.2, -0.15) is 0 Å². The molecule has 2 heterocycles. The second-order valence-corrected chi connectivity index (χ2v) is 4.42. The summed E-state index contributed by atoms with van der Waals surface area (Å²) < 4.78 is 0. The van der Waals surface area contributed by atoms with Crippen molar-refractivity contribution >= 4 is 18.4 Å². The zero-order valence-corrected chi connectivity index (χ0v) is 10.2. The van der Waals surface area contributed by atoms with Gasteiger partial charge in [0, 0.05) is 24.8 Å². The number of carboxylic acid groups (broad SMARTS) is 1. The van der Waals surface area contributed by atoms with Crippen molar-refractivity contribution in [2.45, 2.75) is 12.5 Å². The van der Waals surface area contributed by atoms with Crippen molar-refractivity contribution in [2.24, 2.45) is 9.98 Å². The van der Waals surface area contributed by atoms with Crippen molar-refractivity contribution < 1.29 is 9.90 Å². The van der Waals surface area contributed by atoms with Crippen molar-refractivity contribution in [1.29, 1.82) is 0 Å². The highest BCUT2D eigenvalue weighted by atomic mass is 16.4. The molecule has 2 aliphatic rings. The van der Waals surface area contributed by atoms with Gasteiger partial charge < -0.3 is 14.9 Å². The molecule has 0 spiro atoms. The van der Waals surface area contributed by atoms with Crippen LogP contribution in [0.5, 0.6) is 0 Å². The molecule has 1 N–H and O–H groups in total. The second-order valence-electron chi connectivity index (χ2n) is 4.42. The van der Waals surface area contributed by atoms with Gasteiger partial charge in [0.1, 0.15) is 13.3 Å². The van der Waals surface area contributed by atoms with Crippen molar-refractivity contribution in [1.82, 2.24) is 9.80 Å². The van der Waals surface area contributed by atoms with E-state index in [0.717, 1.165) is 0 Å². The lowest BCUT2D eigenvalue weighted by Crippen LogP contribution is -2.56. The summed E-state index contributed by atoms with van der Waals surface area (Å²) in [6, 6.07) is 0. The van der Waals surface area contributed by atoms with Gasteiger partial charge in [-0.1, -0.05) is 0 Å². The number of hydrogen-bond donors (Lipinski definition) is 1. The van der Waals surface area contributed by atoms with Crippen LogP contribution in [-0.2, 0) is 4.79 Å². The molecule has 2 rings (SSSR count). The fraction of sp³-hybridized carbons (Fsp3) is 0.417. The molecule has 1 unspecified atom stereocenters. The molecular formula is C12H16N4O2. The number of aliphatic carboxylic acids is 1. The molecule has 6 nitrogen and oxygen atoms in total. The molecule has 0 fully saturated rings. The van der Waals surface area contributed by atoms with Crippen molar-refractivity contribution in [3.05, 3.63) is 24.6 Å². The molecule has 18 heavy (non-hydrogen) atoms. The Morgan fingerprint density at radius 2 is 1.94 bits per heavy atom. The van der Waals surface area contributed by atoms with Crippen LogP contribution in [0.15, 0.2) is 34.5 Å². The molecule has 0 bridgehead atoms. The van der Waals surface area contributed by atoms with Crippen molar-refractivity contribution in [3.63, 3.8) is 0 Å². The maximum atomic E-state index is 11.6. The number of carbonyl (C=O) groups is 1. The highest BCUT2D eigenvalue weighted by Crippen LogP contribution is 2.20. The van der Waals surface area contributed by atoms with Gasteiger partial charge in [0.05, 0.1) is 6.54 Å². The molecule has 6 heteroatoms. The van der Waals surface area contributed by atoms with Crippen LogP contribution in [-0.4, -0.2) is 58.7 Å². The van der Waals surface area contributed by atoms with E-state index in [1.807, 2.05) is 11.1 Å². The van der Waals surface area contributed by atoms with E-state index < -0.39 is 11.5 Å². The summed E-state index contributed by atoms with van der Waals surface area (Å²) in [5, 5.41) is 9.50. The number of rotatable bonds is 4. The van der Waals surface area contributed by atoms with Gasteiger partial charge in [0.2, 0.25) is 0 Å². The molecular weight excluding hydrogens is 232 g/mol. The molecule has 2 aliphatic heterocycles. The van der Waals surface area contributed by atoms with Gasteiger partial charge in [-0.05, 0) is 19.1 Å². The summed E-state index contributed by atoms with van der Waals surface area (Å²) in [7, 11) is 0. The monoisotopic (exact) mass is 248 g/mol. The Morgan fingerprint density at radius 1 is 1.28 bits per heavy atom. The van der Waals surface area contributed by atoms with Crippen LogP contribution in [0.3, 0.4) is 0 Å². The van der Waals surface area contributed by atoms with Gasteiger partial charge >= 0.3 is 5.97 Å². The maximum Gasteiger partial charge on any atom is 0.331 e. The molecule has 0 aromatic rings. The van der Waals surface area contributed by atoms with Crippen molar-refractivity contribution in [2.75, 3.05) is 19.9 Å². The van der Waals surface area contributed by atoms with E-state index in [-0.39, 0.29) is 0 Å². The van der Waals surface area contributed by atoms with Crippen LogP contribution >= 0.6 is 0 Å². The van der Waals surface area contributed by atoms with Crippen LogP contribution in [0.2, 0.25) is 0 Å². The average Bonchev–Trinajstić information content (AvgIpc) is 2.40. The number of carboxylic acids is 1. The van der Waals surface area contributed by atoms with Crippen LogP contribution in [0.25, 0.3) is 0 Å². The normalized spacial score (nSPS) is 21.2. The summed E-state index contributed by atoms with van der Waals surface area (Å²) in [6.07, 6.45) is 10.5. The van der Waals surface area contributed by atoms with E-state index in [2.05, 4.69) is 9.98 Å². The lowest BCUT2D eigenvalue weighted by Gasteiger charge is -2.40. The molecule has 0 saturated heterocycles. The van der Waals surface area contributed by atoms with Crippen molar-refractivity contribution in [3.8, 4) is 0 Å². The lowest BCUT2D eigenvalue weighted by atomic mass is 9.99. The van der Waals surface area contributed by atoms with Gasteiger partial charge in [0.15, 0.2) is 5.54 Å². The van der Waals surface area contributed by atoms with Gasteiger partial charge in [-0.3, -0.25) is 9.98 Å². The Morgan fingerprint density at radius 3 is 2.44 bits per heavy atom. The summed E-state index contributed by atoms with van der Waals surface area (Å²) in [4.78, 5) is 23.4. The number of nitrogens with zero attached hydrogens (tertiary/aromatic N) is 4. The second kappa shape index (κ2) is 5.03. The standard InChI is InChI=1S/C12H16N4O2/c1-12(11(17)18,16-7-3-5-14-10-16)8-15-6-2-4-13-9-15/h2-7H,8-10H2,1H3,(H,17,18). The van der Waals surface area contributed by atoms with Gasteiger partial charge in [-0.25, -0.2) is 4.79 Å². The topological polar surface area (TPSA) is 68.5 Å². The summed E-state index contributed by atoms with van der Waals surface area (Å²) >= 11 is 0. The number of hydrogen-bond acceptors (Lipinski definition) is 5. The smallest absolute Gasteiger partial charge is 0.331 e. The van der Waals surface area contributed by atoms with Crippen LogP contribution in [0.4, 0.5) is 0 Å². The first-order valence-corrected chi connectivity index (χ1v) is 5.70. The van der Waals surface area contributed by atoms with E-state index in [1.54, 1.807) is 42.6 Å². The summed E-state index contributed by atoms with van der Waals surface area (Å²) in [5.74, 6) is -0.868. The highest BCUT2D eigenvalue weighted by molar-refractivity contribution is 5.80. The first-order chi connectivity index (χ1) is 8.63. The van der Waals surface area contributed by atoms with E-state index in [4.69, 9.17) is 0 Å². The van der Waals surface area contributed by atoms with E-state index in [1.165, 1.54) is 0 Å². The third kappa shape index (κ3) is 2.42. The average molecular weight is 248 g/mol.